The molecule has 0 fully saturated rings. The Kier molecular flexibility index (Phi) is 2.84. The van der Waals surface area contributed by atoms with E-state index in [2.05, 4.69) is 0 Å². The van der Waals surface area contributed by atoms with Gasteiger partial charge >= 0.3 is 0 Å². The van der Waals surface area contributed by atoms with Gasteiger partial charge in [0, 0.05) is 12.7 Å². The van der Waals surface area contributed by atoms with Gasteiger partial charge in [0.15, 0.2) is 9.84 Å². The van der Waals surface area contributed by atoms with E-state index in [9.17, 15) is 13.2 Å². The Balaban J connectivity index is 1.97. The predicted molar refractivity (Wildman–Crippen MR) is 62.2 cm³/mol. The van der Waals surface area contributed by atoms with Crippen LogP contribution < -0.4 is 0 Å². The van der Waals surface area contributed by atoms with Crippen molar-refractivity contribution >= 4 is 15.6 Å². The molecule has 1 unspecified atom stereocenters. The van der Waals surface area contributed by atoms with Crippen LogP contribution in [0.1, 0.15) is 23.5 Å². The highest BCUT2D eigenvalue weighted by Crippen LogP contribution is 2.37. The number of sulfone groups is 1. The van der Waals surface area contributed by atoms with Gasteiger partial charge in [0.05, 0.1) is 0 Å². The number of hydrogen-bond donors (Lipinski definition) is 0. The molecule has 0 N–H and O–H groups in total. The molecule has 1 aromatic rings. The molecule has 0 aromatic heterocycles. The van der Waals surface area contributed by atoms with Crippen molar-refractivity contribution in [3.05, 3.63) is 35.4 Å². The molecule has 0 spiro atoms. The van der Waals surface area contributed by atoms with Crippen LogP contribution in [0, 0.1) is 0 Å². The van der Waals surface area contributed by atoms with Gasteiger partial charge in [0.2, 0.25) is 0 Å². The minimum Gasteiger partial charge on any atom is -0.299 e. The fourth-order valence-electron chi connectivity index (χ4n) is 2.17. The second kappa shape index (κ2) is 4.01. The van der Waals surface area contributed by atoms with E-state index in [1.54, 1.807) is 0 Å². The van der Waals surface area contributed by atoms with Crippen molar-refractivity contribution in [2.45, 2.75) is 18.8 Å². The Labute approximate surface area is 95.4 Å². The van der Waals surface area contributed by atoms with Crippen LogP contribution in [0.25, 0.3) is 0 Å². The minimum absolute atomic E-state index is 0.179. The molecule has 0 heterocycles. The summed E-state index contributed by atoms with van der Waals surface area (Å²) in [5, 5.41) is 0. The fraction of sp³-hybridized carbons (Fsp3) is 0.417. The molecule has 1 aliphatic carbocycles. The van der Waals surface area contributed by atoms with Crippen LogP contribution in [-0.4, -0.2) is 26.2 Å². The largest absolute Gasteiger partial charge is 0.299 e. The van der Waals surface area contributed by atoms with Gasteiger partial charge < -0.3 is 0 Å². The number of benzene rings is 1. The van der Waals surface area contributed by atoms with Crippen LogP contribution in [0.3, 0.4) is 0 Å². The molecule has 86 valence electrons. The van der Waals surface area contributed by atoms with E-state index < -0.39 is 9.84 Å². The lowest BCUT2D eigenvalue weighted by Gasteiger charge is -2.29. The summed E-state index contributed by atoms with van der Waals surface area (Å²) in [6, 6.07) is 7.99. The Morgan fingerprint density at radius 2 is 2.06 bits per heavy atom. The maximum Gasteiger partial charge on any atom is 0.154 e. The molecule has 4 heteroatoms. The third-order valence-electron chi connectivity index (χ3n) is 2.86. The minimum atomic E-state index is -3.18. The van der Waals surface area contributed by atoms with E-state index >= 15 is 0 Å². The lowest BCUT2D eigenvalue weighted by Crippen LogP contribution is -2.23. The number of Topliss-reactive ketones (excluding diaryl/α,β-unsaturated/α-hetero) is 1. The topological polar surface area (TPSA) is 51.2 Å². The molecule has 3 nitrogen and oxygen atoms in total. The zero-order chi connectivity index (χ0) is 11.8. The molecule has 0 bridgehead atoms. The first-order valence-corrected chi connectivity index (χ1v) is 7.29. The van der Waals surface area contributed by atoms with Gasteiger partial charge in [-0.3, -0.25) is 4.79 Å². The van der Waals surface area contributed by atoms with Crippen molar-refractivity contribution in [2.75, 3.05) is 12.0 Å². The standard InChI is InChI=1S/C12H14O3S/c1-16(14,15)8-11(13)7-10-6-9-4-2-3-5-12(9)10/h2-5,10H,6-8H2,1H3. The van der Waals surface area contributed by atoms with E-state index in [1.165, 1.54) is 11.1 Å². The summed E-state index contributed by atoms with van der Waals surface area (Å²) in [5.41, 5.74) is 2.48. The molecule has 0 radical (unpaired) electrons. The SMILES string of the molecule is CS(=O)(=O)CC(=O)CC1Cc2ccccc21. The van der Waals surface area contributed by atoms with Gasteiger partial charge in [-0.2, -0.15) is 0 Å². The van der Waals surface area contributed by atoms with Crippen molar-refractivity contribution in [2.24, 2.45) is 0 Å². The summed E-state index contributed by atoms with van der Waals surface area (Å²) in [7, 11) is -3.18. The fourth-order valence-corrected chi connectivity index (χ4v) is 2.87. The van der Waals surface area contributed by atoms with E-state index in [0.29, 0.717) is 6.42 Å². The highest BCUT2D eigenvalue weighted by molar-refractivity contribution is 7.91. The van der Waals surface area contributed by atoms with Crippen LogP contribution >= 0.6 is 0 Å². The predicted octanol–water partition coefficient (Wildman–Crippen LogP) is 1.33. The lowest BCUT2D eigenvalue weighted by molar-refractivity contribution is -0.117. The summed E-state index contributed by atoms with van der Waals surface area (Å²) in [6.07, 6.45) is 2.34. The maximum absolute atomic E-state index is 11.5. The van der Waals surface area contributed by atoms with Crippen molar-refractivity contribution in [3.63, 3.8) is 0 Å². The van der Waals surface area contributed by atoms with E-state index in [1.807, 2.05) is 24.3 Å². The van der Waals surface area contributed by atoms with Gasteiger partial charge in [-0.1, -0.05) is 24.3 Å². The molecule has 1 atom stereocenters. The second-order valence-electron chi connectivity index (χ2n) is 4.41. The molecule has 0 amide bonds. The van der Waals surface area contributed by atoms with Crippen LogP contribution in [0.4, 0.5) is 0 Å². The number of carbonyl (C=O) groups is 1. The van der Waals surface area contributed by atoms with Crippen LogP contribution in [0.2, 0.25) is 0 Å². The van der Waals surface area contributed by atoms with Gasteiger partial charge in [0.25, 0.3) is 0 Å². The number of carbonyl (C=O) groups excluding carboxylic acids is 1. The maximum atomic E-state index is 11.5. The first-order valence-electron chi connectivity index (χ1n) is 5.23. The van der Waals surface area contributed by atoms with Gasteiger partial charge in [-0.15, -0.1) is 0 Å². The van der Waals surface area contributed by atoms with Gasteiger partial charge in [0.1, 0.15) is 11.5 Å². The summed E-state index contributed by atoms with van der Waals surface area (Å²) >= 11 is 0. The Bertz CT molecular complexity index is 517. The monoisotopic (exact) mass is 238 g/mol. The van der Waals surface area contributed by atoms with E-state index in [4.69, 9.17) is 0 Å². The van der Waals surface area contributed by atoms with Crippen molar-refractivity contribution in [1.82, 2.24) is 0 Å². The second-order valence-corrected chi connectivity index (χ2v) is 6.55. The van der Waals surface area contributed by atoms with Crippen molar-refractivity contribution in [3.8, 4) is 0 Å². The number of fused-ring (bicyclic) bond motifs is 1. The van der Waals surface area contributed by atoms with E-state index in [0.717, 1.165) is 12.7 Å². The average molecular weight is 238 g/mol. The molecule has 1 aromatic carbocycles. The van der Waals surface area contributed by atoms with Crippen LogP contribution in [-0.2, 0) is 21.1 Å². The Hall–Kier alpha value is -1.16. The Morgan fingerprint density at radius 1 is 1.38 bits per heavy atom. The third kappa shape index (κ3) is 2.50. The summed E-state index contributed by atoms with van der Waals surface area (Å²) in [5.74, 6) is -0.279. The highest BCUT2D eigenvalue weighted by atomic mass is 32.2. The molecule has 16 heavy (non-hydrogen) atoms. The first kappa shape index (κ1) is 11.3. The highest BCUT2D eigenvalue weighted by Gasteiger charge is 2.28. The van der Waals surface area contributed by atoms with E-state index in [-0.39, 0.29) is 17.5 Å². The Morgan fingerprint density at radius 3 is 2.69 bits per heavy atom. The van der Waals surface area contributed by atoms with Crippen molar-refractivity contribution in [1.29, 1.82) is 0 Å². The quantitative estimate of drug-likeness (QED) is 0.795. The molecule has 0 aliphatic heterocycles. The number of ketones is 1. The zero-order valence-electron chi connectivity index (χ0n) is 9.14. The molecule has 2 rings (SSSR count). The zero-order valence-corrected chi connectivity index (χ0v) is 9.96. The summed E-state index contributed by atoms with van der Waals surface area (Å²) in [4.78, 5) is 11.5. The van der Waals surface area contributed by atoms with Crippen molar-refractivity contribution < 1.29 is 13.2 Å². The van der Waals surface area contributed by atoms with Gasteiger partial charge in [-0.05, 0) is 23.5 Å². The van der Waals surface area contributed by atoms with Crippen LogP contribution in [0.15, 0.2) is 24.3 Å². The average Bonchev–Trinajstić information content (AvgIpc) is 2.11. The smallest absolute Gasteiger partial charge is 0.154 e. The molecule has 0 saturated heterocycles. The van der Waals surface area contributed by atoms with Gasteiger partial charge in [-0.25, -0.2) is 8.42 Å². The number of rotatable bonds is 4. The lowest BCUT2D eigenvalue weighted by atomic mass is 9.75. The summed E-state index contributed by atoms with van der Waals surface area (Å²) in [6.45, 7) is 0. The van der Waals surface area contributed by atoms with Crippen LogP contribution in [0.5, 0.6) is 0 Å². The molecule has 0 saturated carbocycles. The summed E-state index contributed by atoms with van der Waals surface area (Å²) < 4.78 is 21.9. The molecular weight excluding hydrogens is 224 g/mol. The normalized spacial score (nSPS) is 18.7. The number of hydrogen-bond acceptors (Lipinski definition) is 3. The third-order valence-corrected chi connectivity index (χ3v) is 3.70. The molecule has 1 aliphatic rings. The molecular formula is C12H14O3S. The first-order chi connectivity index (χ1) is 7.46.